The van der Waals surface area contributed by atoms with Crippen LogP contribution in [-0.2, 0) is 0 Å². The van der Waals surface area contributed by atoms with Gasteiger partial charge in [0.25, 0.3) is 0 Å². The number of rotatable bonds is 0. The third-order valence-corrected chi connectivity index (χ3v) is 4.50. The van der Waals surface area contributed by atoms with Crippen LogP contribution in [0.4, 0.5) is 17.1 Å². The van der Waals surface area contributed by atoms with E-state index in [1.165, 1.54) is 0 Å². The van der Waals surface area contributed by atoms with Crippen molar-refractivity contribution in [3.63, 3.8) is 0 Å². The minimum absolute atomic E-state index is 0.706. The van der Waals surface area contributed by atoms with Crippen LogP contribution < -0.4 is 10.6 Å². The predicted octanol–water partition coefficient (Wildman–Crippen LogP) is 3.77. The molecule has 2 aliphatic rings. The van der Waals surface area contributed by atoms with E-state index in [1.807, 2.05) is 24.3 Å². The molecule has 23 heavy (non-hydrogen) atoms. The highest BCUT2D eigenvalue weighted by Crippen LogP contribution is 2.36. The third kappa shape index (κ3) is 2.92. The molecule has 0 aromatic heterocycles. The standard InChI is InChI=1S/C18H19ClN4/c19-13-6-7-16-17(12-13)22-18(23-10-3-8-20-9-11-23)14-4-1-2-5-15(14)21-16/h1-2,4-7,12,20-21H,3,8-11H2. The molecule has 2 aliphatic heterocycles. The zero-order valence-corrected chi connectivity index (χ0v) is 13.6. The average Bonchev–Trinajstić information content (AvgIpc) is 2.91. The van der Waals surface area contributed by atoms with Gasteiger partial charge in [0.2, 0.25) is 0 Å². The van der Waals surface area contributed by atoms with Crippen molar-refractivity contribution in [1.29, 1.82) is 0 Å². The van der Waals surface area contributed by atoms with Crippen LogP contribution in [0.15, 0.2) is 47.5 Å². The van der Waals surface area contributed by atoms with Crippen molar-refractivity contribution in [2.24, 2.45) is 4.99 Å². The summed E-state index contributed by atoms with van der Waals surface area (Å²) in [6, 6.07) is 14.2. The summed E-state index contributed by atoms with van der Waals surface area (Å²) in [7, 11) is 0. The fraction of sp³-hybridized carbons (Fsp3) is 0.278. The van der Waals surface area contributed by atoms with E-state index in [1.54, 1.807) is 0 Å². The van der Waals surface area contributed by atoms with Gasteiger partial charge in [0, 0.05) is 35.9 Å². The number of amidine groups is 1. The molecule has 0 amide bonds. The lowest BCUT2D eigenvalue weighted by atomic mass is 10.1. The molecule has 0 radical (unpaired) electrons. The Morgan fingerprint density at radius 1 is 1.00 bits per heavy atom. The molecule has 4 rings (SSSR count). The first kappa shape index (κ1) is 14.5. The van der Waals surface area contributed by atoms with Crippen molar-refractivity contribution in [2.75, 3.05) is 31.5 Å². The van der Waals surface area contributed by atoms with Gasteiger partial charge in [-0.15, -0.1) is 0 Å². The van der Waals surface area contributed by atoms with E-state index < -0.39 is 0 Å². The molecule has 118 valence electrons. The monoisotopic (exact) mass is 326 g/mol. The van der Waals surface area contributed by atoms with Crippen molar-refractivity contribution < 1.29 is 0 Å². The number of fused-ring (bicyclic) bond motifs is 2. The number of anilines is 2. The van der Waals surface area contributed by atoms with E-state index in [2.05, 4.69) is 33.7 Å². The summed E-state index contributed by atoms with van der Waals surface area (Å²) in [5.74, 6) is 1.03. The summed E-state index contributed by atoms with van der Waals surface area (Å²) in [5.41, 5.74) is 4.11. The largest absolute Gasteiger partial charge is 0.355 e. The second kappa shape index (κ2) is 6.22. The first-order chi connectivity index (χ1) is 11.3. The Balaban J connectivity index is 1.85. The van der Waals surface area contributed by atoms with E-state index in [9.17, 15) is 0 Å². The predicted molar refractivity (Wildman–Crippen MR) is 96.4 cm³/mol. The zero-order valence-electron chi connectivity index (χ0n) is 12.8. The van der Waals surface area contributed by atoms with Gasteiger partial charge < -0.3 is 15.5 Å². The van der Waals surface area contributed by atoms with Gasteiger partial charge in [0.1, 0.15) is 5.84 Å². The maximum absolute atomic E-state index is 6.18. The lowest BCUT2D eigenvalue weighted by Gasteiger charge is -2.24. The van der Waals surface area contributed by atoms with Gasteiger partial charge in [-0.25, -0.2) is 4.99 Å². The Hall–Kier alpha value is -2.04. The second-order valence-electron chi connectivity index (χ2n) is 5.86. The van der Waals surface area contributed by atoms with Crippen molar-refractivity contribution in [3.8, 4) is 0 Å². The van der Waals surface area contributed by atoms with Gasteiger partial charge >= 0.3 is 0 Å². The molecular formula is C18H19ClN4. The van der Waals surface area contributed by atoms with Gasteiger partial charge in [-0.1, -0.05) is 23.7 Å². The second-order valence-corrected chi connectivity index (χ2v) is 6.29. The number of benzene rings is 2. The summed E-state index contributed by atoms with van der Waals surface area (Å²) >= 11 is 6.18. The lowest BCUT2D eigenvalue weighted by Crippen LogP contribution is -2.34. The van der Waals surface area contributed by atoms with E-state index in [4.69, 9.17) is 16.6 Å². The van der Waals surface area contributed by atoms with E-state index in [-0.39, 0.29) is 0 Å². The zero-order chi connectivity index (χ0) is 15.6. The van der Waals surface area contributed by atoms with Gasteiger partial charge in [0.05, 0.1) is 11.4 Å². The maximum Gasteiger partial charge on any atom is 0.138 e. The fourth-order valence-corrected chi connectivity index (χ4v) is 3.27. The molecule has 4 nitrogen and oxygen atoms in total. The summed E-state index contributed by atoms with van der Waals surface area (Å²) in [6.45, 7) is 4.02. The maximum atomic E-state index is 6.18. The van der Waals surface area contributed by atoms with Crippen LogP contribution in [-0.4, -0.2) is 36.9 Å². The number of nitrogens with one attached hydrogen (secondary N) is 2. The minimum Gasteiger partial charge on any atom is -0.355 e. The van der Waals surface area contributed by atoms with Crippen molar-refractivity contribution in [3.05, 3.63) is 53.1 Å². The summed E-state index contributed by atoms with van der Waals surface area (Å²) in [4.78, 5) is 7.35. The smallest absolute Gasteiger partial charge is 0.138 e. The SMILES string of the molecule is Clc1ccc2c(c1)N=C(N1CCCNCC1)c1ccccc1N2. The molecule has 0 unspecified atom stereocenters. The van der Waals surface area contributed by atoms with Crippen LogP contribution in [0, 0.1) is 0 Å². The highest BCUT2D eigenvalue weighted by molar-refractivity contribution is 6.31. The molecule has 5 heteroatoms. The third-order valence-electron chi connectivity index (χ3n) is 4.26. The number of aliphatic imine (C=N–C) groups is 1. The first-order valence-corrected chi connectivity index (χ1v) is 8.39. The summed E-state index contributed by atoms with van der Waals surface area (Å²) in [6.07, 6.45) is 1.12. The van der Waals surface area contributed by atoms with Gasteiger partial charge in [0.15, 0.2) is 0 Å². The van der Waals surface area contributed by atoms with Crippen molar-refractivity contribution >= 4 is 34.5 Å². The Labute approximate surface area is 141 Å². The van der Waals surface area contributed by atoms with Gasteiger partial charge in [-0.3, -0.25) is 0 Å². The number of hydrogen-bond donors (Lipinski definition) is 2. The van der Waals surface area contributed by atoms with E-state index in [0.29, 0.717) is 5.02 Å². The molecule has 2 heterocycles. The Morgan fingerprint density at radius 2 is 1.91 bits per heavy atom. The molecule has 2 N–H and O–H groups in total. The molecule has 1 saturated heterocycles. The van der Waals surface area contributed by atoms with Crippen molar-refractivity contribution in [1.82, 2.24) is 10.2 Å². The Kier molecular flexibility index (Phi) is 3.93. The van der Waals surface area contributed by atoms with Crippen LogP contribution in [0.1, 0.15) is 12.0 Å². The topological polar surface area (TPSA) is 39.7 Å². The highest BCUT2D eigenvalue weighted by atomic mass is 35.5. The molecule has 0 saturated carbocycles. The first-order valence-electron chi connectivity index (χ1n) is 8.01. The van der Waals surface area contributed by atoms with Crippen LogP contribution in [0.3, 0.4) is 0 Å². The Bertz CT molecular complexity index is 748. The molecule has 0 bridgehead atoms. The summed E-state index contributed by atoms with van der Waals surface area (Å²) in [5, 5.41) is 7.66. The molecule has 0 atom stereocenters. The summed E-state index contributed by atoms with van der Waals surface area (Å²) < 4.78 is 0. The van der Waals surface area contributed by atoms with Crippen LogP contribution in [0.5, 0.6) is 0 Å². The van der Waals surface area contributed by atoms with Crippen LogP contribution in [0.2, 0.25) is 5.02 Å². The molecule has 2 aromatic rings. The fourth-order valence-electron chi connectivity index (χ4n) is 3.11. The number of hydrogen-bond acceptors (Lipinski definition) is 4. The molecule has 0 spiro atoms. The number of nitrogens with zero attached hydrogens (tertiary/aromatic N) is 2. The van der Waals surface area contributed by atoms with E-state index >= 15 is 0 Å². The Morgan fingerprint density at radius 3 is 2.87 bits per heavy atom. The molecule has 1 fully saturated rings. The highest BCUT2D eigenvalue weighted by Gasteiger charge is 2.21. The quantitative estimate of drug-likeness (QED) is 0.774. The molecule has 2 aromatic carbocycles. The van der Waals surface area contributed by atoms with Crippen LogP contribution in [0.25, 0.3) is 0 Å². The number of para-hydroxylation sites is 1. The van der Waals surface area contributed by atoms with E-state index in [0.717, 1.165) is 61.1 Å². The average molecular weight is 327 g/mol. The number of halogens is 1. The minimum atomic E-state index is 0.706. The molecular weight excluding hydrogens is 308 g/mol. The van der Waals surface area contributed by atoms with Gasteiger partial charge in [-0.05, 0) is 43.3 Å². The lowest BCUT2D eigenvalue weighted by molar-refractivity contribution is 0.447. The normalized spacial score (nSPS) is 17.3. The van der Waals surface area contributed by atoms with Crippen molar-refractivity contribution in [2.45, 2.75) is 6.42 Å². The van der Waals surface area contributed by atoms with Gasteiger partial charge in [-0.2, -0.15) is 0 Å². The van der Waals surface area contributed by atoms with Crippen LogP contribution >= 0.6 is 11.6 Å². The molecule has 0 aliphatic carbocycles.